The molecular weight excluding hydrogens is 256 g/mol. The zero-order valence-corrected chi connectivity index (χ0v) is 11.3. The molecule has 3 rings (SSSR count). The Bertz CT molecular complexity index is 833. The van der Waals surface area contributed by atoms with Crippen LogP contribution in [-0.4, -0.2) is 13.9 Å². The highest BCUT2D eigenvalue weighted by Gasteiger charge is 2.13. The Kier molecular flexibility index (Phi) is 3.16. The van der Waals surface area contributed by atoms with Gasteiger partial charge in [0.25, 0.3) is 0 Å². The summed E-state index contributed by atoms with van der Waals surface area (Å²) >= 11 is 0. The lowest BCUT2D eigenvalue weighted by Crippen LogP contribution is -2.06. The van der Waals surface area contributed by atoms with Gasteiger partial charge in [0.1, 0.15) is 5.58 Å². The maximum absolute atomic E-state index is 12.6. The van der Waals surface area contributed by atoms with Crippen LogP contribution in [0.4, 0.5) is 0 Å². The van der Waals surface area contributed by atoms with Gasteiger partial charge in [0.05, 0.1) is 10.8 Å². The molecule has 0 spiro atoms. The fraction of sp³-hybridized carbons (Fsp3) is 0.188. The Labute approximate surface area is 115 Å². The van der Waals surface area contributed by atoms with E-state index in [1.54, 1.807) is 25.3 Å². The van der Waals surface area contributed by atoms with E-state index in [1.807, 2.05) is 25.1 Å². The van der Waals surface area contributed by atoms with Crippen LogP contribution in [0, 0.1) is 6.92 Å². The summed E-state index contributed by atoms with van der Waals surface area (Å²) < 4.78 is 16.2. The highest BCUT2D eigenvalue weighted by molar-refractivity contribution is 5.94. The second-order valence-corrected chi connectivity index (χ2v) is 4.56. The minimum absolute atomic E-state index is 0.0396. The number of aryl methyl sites for hydroxylation is 1. The van der Waals surface area contributed by atoms with E-state index in [9.17, 15) is 4.79 Å². The molecule has 0 aliphatic heterocycles. The molecule has 0 saturated carbocycles. The molecule has 0 aliphatic rings. The molecule has 3 aromatic rings. The third-order valence-electron chi connectivity index (χ3n) is 3.23. The molecule has 4 heteroatoms. The molecule has 0 atom stereocenters. The van der Waals surface area contributed by atoms with Crippen molar-refractivity contribution < 1.29 is 13.9 Å². The van der Waals surface area contributed by atoms with E-state index in [0.717, 1.165) is 5.56 Å². The van der Waals surface area contributed by atoms with Crippen molar-refractivity contribution in [3.05, 3.63) is 52.2 Å². The molecule has 0 radical (unpaired) electrons. The standard InChI is InChI=1S/C16H14O4/c1-10-7-8-13(19-9-18-2)16-14(10)15(17)11-5-3-4-6-12(11)20-16/h3-8H,9H2,1-2H3. The highest BCUT2D eigenvalue weighted by Crippen LogP contribution is 2.29. The number of benzene rings is 2. The molecule has 1 heterocycles. The van der Waals surface area contributed by atoms with Crippen LogP contribution in [-0.2, 0) is 4.74 Å². The predicted molar refractivity (Wildman–Crippen MR) is 77.2 cm³/mol. The lowest BCUT2D eigenvalue weighted by atomic mass is 10.1. The van der Waals surface area contributed by atoms with Gasteiger partial charge >= 0.3 is 0 Å². The van der Waals surface area contributed by atoms with E-state index in [1.165, 1.54) is 0 Å². The van der Waals surface area contributed by atoms with E-state index in [-0.39, 0.29) is 12.2 Å². The van der Waals surface area contributed by atoms with Crippen LogP contribution in [0.25, 0.3) is 21.9 Å². The Hall–Kier alpha value is -2.33. The predicted octanol–water partition coefficient (Wildman–Crippen LogP) is 3.24. The van der Waals surface area contributed by atoms with E-state index >= 15 is 0 Å². The molecule has 0 fully saturated rings. The maximum Gasteiger partial charge on any atom is 0.200 e. The molecular formula is C16H14O4. The number of hydrogen-bond acceptors (Lipinski definition) is 4. The van der Waals surface area contributed by atoms with Crippen LogP contribution in [0.2, 0.25) is 0 Å². The van der Waals surface area contributed by atoms with E-state index < -0.39 is 0 Å². The highest BCUT2D eigenvalue weighted by atomic mass is 16.7. The van der Waals surface area contributed by atoms with Crippen molar-refractivity contribution in [3.63, 3.8) is 0 Å². The minimum Gasteiger partial charge on any atom is -0.464 e. The van der Waals surface area contributed by atoms with Gasteiger partial charge in [0, 0.05) is 7.11 Å². The average Bonchev–Trinajstić information content (AvgIpc) is 2.47. The maximum atomic E-state index is 12.6. The molecule has 0 N–H and O–H groups in total. The summed E-state index contributed by atoms with van der Waals surface area (Å²) in [6.07, 6.45) is 0. The molecule has 2 aromatic carbocycles. The number of methoxy groups -OCH3 is 1. The van der Waals surface area contributed by atoms with Crippen LogP contribution in [0.5, 0.6) is 5.75 Å². The number of rotatable bonds is 3. The Morgan fingerprint density at radius 3 is 2.75 bits per heavy atom. The first-order valence-corrected chi connectivity index (χ1v) is 6.29. The average molecular weight is 270 g/mol. The van der Waals surface area contributed by atoms with Gasteiger partial charge in [0.2, 0.25) is 5.43 Å². The number of hydrogen-bond donors (Lipinski definition) is 0. The lowest BCUT2D eigenvalue weighted by Gasteiger charge is -2.09. The molecule has 0 bridgehead atoms. The third-order valence-corrected chi connectivity index (χ3v) is 3.23. The van der Waals surface area contributed by atoms with Crippen molar-refractivity contribution in [1.82, 2.24) is 0 Å². The minimum atomic E-state index is -0.0396. The first-order valence-electron chi connectivity index (χ1n) is 6.29. The summed E-state index contributed by atoms with van der Waals surface area (Å²) in [6.45, 7) is 1.99. The van der Waals surface area contributed by atoms with Gasteiger partial charge in [-0.2, -0.15) is 0 Å². The van der Waals surface area contributed by atoms with Crippen molar-refractivity contribution >= 4 is 21.9 Å². The van der Waals surface area contributed by atoms with Crippen LogP contribution < -0.4 is 10.2 Å². The summed E-state index contributed by atoms with van der Waals surface area (Å²) in [5.41, 5.74) is 1.84. The van der Waals surface area contributed by atoms with Crippen molar-refractivity contribution in [1.29, 1.82) is 0 Å². The van der Waals surface area contributed by atoms with Gasteiger partial charge in [-0.15, -0.1) is 0 Å². The lowest BCUT2D eigenvalue weighted by molar-refractivity contribution is 0.0515. The van der Waals surface area contributed by atoms with Crippen LogP contribution in [0.15, 0.2) is 45.6 Å². The third kappa shape index (κ3) is 1.94. The molecule has 0 aliphatic carbocycles. The van der Waals surface area contributed by atoms with Crippen LogP contribution >= 0.6 is 0 Å². The molecule has 20 heavy (non-hydrogen) atoms. The van der Waals surface area contributed by atoms with Gasteiger partial charge in [-0.25, -0.2) is 0 Å². The van der Waals surface area contributed by atoms with Crippen molar-refractivity contribution in [2.45, 2.75) is 6.92 Å². The monoisotopic (exact) mass is 270 g/mol. The fourth-order valence-electron chi connectivity index (χ4n) is 2.27. The topological polar surface area (TPSA) is 48.7 Å². The zero-order chi connectivity index (χ0) is 14.1. The van der Waals surface area contributed by atoms with Gasteiger partial charge in [-0.1, -0.05) is 18.2 Å². The number of ether oxygens (including phenoxy) is 2. The largest absolute Gasteiger partial charge is 0.464 e. The smallest absolute Gasteiger partial charge is 0.200 e. The molecule has 1 aromatic heterocycles. The second-order valence-electron chi connectivity index (χ2n) is 4.56. The summed E-state index contributed by atoms with van der Waals surface area (Å²) in [4.78, 5) is 12.6. The van der Waals surface area contributed by atoms with Crippen molar-refractivity contribution in [3.8, 4) is 5.75 Å². The van der Waals surface area contributed by atoms with Crippen LogP contribution in [0.1, 0.15) is 5.56 Å². The molecule has 4 nitrogen and oxygen atoms in total. The van der Waals surface area contributed by atoms with Crippen molar-refractivity contribution in [2.75, 3.05) is 13.9 Å². The second kappa shape index (κ2) is 4.98. The number of para-hydroxylation sites is 1. The summed E-state index contributed by atoms with van der Waals surface area (Å²) in [6, 6.07) is 10.8. The summed E-state index contributed by atoms with van der Waals surface area (Å²) in [5, 5.41) is 1.13. The van der Waals surface area contributed by atoms with E-state index in [4.69, 9.17) is 13.9 Å². The number of fused-ring (bicyclic) bond motifs is 2. The molecule has 0 saturated heterocycles. The van der Waals surface area contributed by atoms with E-state index in [2.05, 4.69) is 0 Å². The van der Waals surface area contributed by atoms with Crippen LogP contribution in [0.3, 0.4) is 0 Å². The summed E-state index contributed by atoms with van der Waals surface area (Å²) in [7, 11) is 1.54. The first kappa shape index (κ1) is 12.7. The molecule has 0 unspecified atom stereocenters. The normalized spacial score (nSPS) is 11.1. The van der Waals surface area contributed by atoms with Gasteiger partial charge in [-0.3, -0.25) is 4.79 Å². The van der Waals surface area contributed by atoms with E-state index in [0.29, 0.717) is 27.7 Å². The van der Waals surface area contributed by atoms with Gasteiger partial charge in [-0.05, 0) is 30.7 Å². The molecule has 102 valence electrons. The van der Waals surface area contributed by atoms with Gasteiger partial charge < -0.3 is 13.9 Å². The zero-order valence-electron chi connectivity index (χ0n) is 11.3. The molecule has 0 amide bonds. The Morgan fingerprint density at radius 2 is 1.95 bits per heavy atom. The first-order chi connectivity index (χ1) is 9.72. The van der Waals surface area contributed by atoms with Gasteiger partial charge in [0.15, 0.2) is 18.1 Å². The SMILES string of the molecule is COCOc1ccc(C)c2c(=O)c3ccccc3oc12. The Morgan fingerprint density at radius 1 is 1.15 bits per heavy atom. The van der Waals surface area contributed by atoms with Crippen molar-refractivity contribution in [2.24, 2.45) is 0 Å². The fourth-order valence-corrected chi connectivity index (χ4v) is 2.27. The Balaban J connectivity index is 2.40. The quantitative estimate of drug-likeness (QED) is 0.541. The summed E-state index contributed by atoms with van der Waals surface area (Å²) in [5.74, 6) is 0.510.